The smallest absolute Gasteiger partial charge is 0.156 e. The average molecular weight is 276 g/mol. The Balaban J connectivity index is 1.65. The van der Waals surface area contributed by atoms with Gasteiger partial charge in [-0.05, 0) is 39.2 Å². The molecule has 0 unspecified atom stereocenters. The summed E-state index contributed by atoms with van der Waals surface area (Å²) in [5.41, 5.74) is 0.993. The highest BCUT2D eigenvalue weighted by molar-refractivity contribution is 5.37. The molecular weight excluding hydrogens is 252 g/mol. The molecular formula is C15H24N4O. The van der Waals surface area contributed by atoms with E-state index in [1.807, 2.05) is 13.0 Å². The molecule has 2 aliphatic rings. The van der Waals surface area contributed by atoms with Gasteiger partial charge in [-0.2, -0.15) is 0 Å². The summed E-state index contributed by atoms with van der Waals surface area (Å²) in [6.07, 6.45) is 5.17. The Labute approximate surface area is 120 Å². The minimum atomic E-state index is 0.470. The van der Waals surface area contributed by atoms with Crippen LogP contribution in [0.4, 0.5) is 5.82 Å². The number of hydrogen-bond donors (Lipinski definition) is 1. The van der Waals surface area contributed by atoms with E-state index in [-0.39, 0.29) is 0 Å². The van der Waals surface area contributed by atoms with Crippen LogP contribution in [0.5, 0.6) is 0 Å². The number of anilines is 1. The molecule has 110 valence electrons. The maximum absolute atomic E-state index is 5.13. The summed E-state index contributed by atoms with van der Waals surface area (Å²) in [7, 11) is 1.68. The van der Waals surface area contributed by atoms with E-state index in [0.717, 1.165) is 23.4 Å². The summed E-state index contributed by atoms with van der Waals surface area (Å²) in [5.74, 6) is 1.70. The van der Waals surface area contributed by atoms with E-state index in [9.17, 15) is 0 Å². The minimum Gasteiger partial charge on any atom is -0.377 e. The van der Waals surface area contributed by atoms with Crippen LogP contribution in [-0.4, -0.2) is 47.2 Å². The minimum absolute atomic E-state index is 0.470. The fourth-order valence-electron chi connectivity index (χ4n) is 3.46. The van der Waals surface area contributed by atoms with Crippen LogP contribution in [0.3, 0.4) is 0 Å². The van der Waals surface area contributed by atoms with Gasteiger partial charge in [0.15, 0.2) is 5.82 Å². The fourth-order valence-corrected chi connectivity index (χ4v) is 3.46. The zero-order valence-electron chi connectivity index (χ0n) is 12.4. The molecule has 5 nitrogen and oxygen atoms in total. The normalized spacial score (nSPS) is 26.5. The number of methoxy groups -OCH3 is 1. The molecule has 1 aromatic rings. The maximum atomic E-state index is 5.13. The van der Waals surface area contributed by atoms with Crippen molar-refractivity contribution in [3.63, 3.8) is 0 Å². The lowest BCUT2D eigenvalue weighted by atomic mass is 9.97. The van der Waals surface area contributed by atoms with Crippen LogP contribution in [0, 0.1) is 6.92 Å². The highest BCUT2D eigenvalue weighted by Crippen LogP contribution is 2.28. The first kappa shape index (κ1) is 13.8. The monoisotopic (exact) mass is 276 g/mol. The molecule has 0 bridgehead atoms. The van der Waals surface area contributed by atoms with Gasteiger partial charge in [-0.25, -0.2) is 9.97 Å². The molecule has 0 aromatic carbocycles. The predicted octanol–water partition coefficient (Wildman–Crippen LogP) is 1.97. The van der Waals surface area contributed by atoms with Gasteiger partial charge < -0.3 is 15.0 Å². The Kier molecular flexibility index (Phi) is 4.17. The third-order valence-corrected chi connectivity index (χ3v) is 4.35. The number of aromatic nitrogens is 2. The van der Waals surface area contributed by atoms with Crippen LogP contribution in [0.25, 0.3) is 0 Å². The summed E-state index contributed by atoms with van der Waals surface area (Å²) < 4.78 is 5.13. The molecule has 1 N–H and O–H groups in total. The van der Waals surface area contributed by atoms with E-state index in [4.69, 9.17) is 4.74 Å². The summed E-state index contributed by atoms with van der Waals surface area (Å²) in [6, 6.07) is 3.35. The largest absolute Gasteiger partial charge is 0.377 e. The SMILES string of the molecule is COCc1nc(C)cc(N[C@@H]2CCN3CCC[C@@H]3C2)n1. The number of ether oxygens (including phenoxy) is 1. The zero-order valence-corrected chi connectivity index (χ0v) is 12.4. The van der Waals surface area contributed by atoms with Crippen LogP contribution in [0.2, 0.25) is 0 Å². The van der Waals surface area contributed by atoms with E-state index in [1.165, 1.54) is 38.8 Å². The standard InChI is InChI=1S/C15H24N4O/c1-11-8-14(18-15(16-11)10-20-2)17-12-5-7-19-6-3-4-13(19)9-12/h8,12-13H,3-7,9-10H2,1-2H3,(H,16,17,18)/t12-,13-/m1/s1. The van der Waals surface area contributed by atoms with Gasteiger partial charge in [0.25, 0.3) is 0 Å². The first-order valence-corrected chi connectivity index (χ1v) is 7.58. The van der Waals surface area contributed by atoms with Crippen LogP contribution in [0.1, 0.15) is 37.2 Å². The van der Waals surface area contributed by atoms with Crippen molar-refractivity contribution in [2.75, 3.05) is 25.5 Å². The van der Waals surface area contributed by atoms with Gasteiger partial charge in [-0.1, -0.05) is 0 Å². The number of rotatable bonds is 4. The lowest BCUT2D eigenvalue weighted by Crippen LogP contribution is -2.42. The predicted molar refractivity (Wildman–Crippen MR) is 78.7 cm³/mol. The summed E-state index contributed by atoms with van der Waals surface area (Å²) in [5, 5.41) is 3.60. The number of piperidine rings is 1. The molecule has 5 heteroatoms. The molecule has 3 rings (SSSR count). The molecule has 0 saturated carbocycles. The Morgan fingerprint density at radius 2 is 2.25 bits per heavy atom. The first-order valence-electron chi connectivity index (χ1n) is 7.58. The number of nitrogens with zero attached hydrogens (tertiary/aromatic N) is 3. The second kappa shape index (κ2) is 6.06. The van der Waals surface area contributed by atoms with Crippen molar-refractivity contribution in [1.29, 1.82) is 0 Å². The van der Waals surface area contributed by atoms with Crippen LogP contribution in [0.15, 0.2) is 6.07 Å². The Bertz CT molecular complexity index is 465. The Morgan fingerprint density at radius 1 is 1.35 bits per heavy atom. The molecule has 2 saturated heterocycles. The maximum Gasteiger partial charge on any atom is 0.156 e. The fraction of sp³-hybridized carbons (Fsp3) is 0.733. The number of aryl methyl sites for hydroxylation is 1. The van der Waals surface area contributed by atoms with E-state index in [1.54, 1.807) is 7.11 Å². The van der Waals surface area contributed by atoms with E-state index >= 15 is 0 Å². The Morgan fingerprint density at radius 3 is 3.10 bits per heavy atom. The van der Waals surface area contributed by atoms with Crippen molar-refractivity contribution in [3.05, 3.63) is 17.6 Å². The molecule has 2 fully saturated rings. The van der Waals surface area contributed by atoms with Gasteiger partial charge in [-0.15, -0.1) is 0 Å². The van der Waals surface area contributed by atoms with Crippen molar-refractivity contribution < 1.29 is 4.74 Å². The zero-order chi connectivity index (χ0) is 13.9. The topological polar surface area (TPSA) is 50.3 Å². The summed E-state index contributed by atoms with van der Waals surface area (Å²) in [4.78, 5) is 11.6. The molecule has 3 heterocycles. The lowest BCUT2D eigenvalue weighted by molar-refractivity contribution is 0.177. The third kappa shape index (κ3) is 3.10. The first-order chi connectivity index (χ1) is 9.74. The van der Waals surface area contributed by atoms with Crippen molar-refractivity contribution >= 4 is 5.82 Å². The second-order valence-corrected chi connectivity index (χ2v) is 5.94. The lowest BCUT2D eigenvalue weighted by Gasteiger charge is -2.35. The van der Waals surface area contributed by atoms with Crippen LogP contribution < -0.4 is 5.32 Å². The molecule has 0 aliphatic carbocycles. The molecule has 0 amide bonds. The van der Waals surface area contributed by atoms with Gasteiger partial charge in [0.2, 0.25) is 0 Å². The van der Waals surface area contributed by atoms with E-state index < -0.39 is 0 Å². The highest BCUT2D eigenvalue weighted by atomic mass is 16.5. The van der Waals surface area contributed by atoms with Crippen molar-refractivity contribution in [2.24, 2.45) is 0 Å². The summed E-state index contributed by atoms with van der Waals surface area (Å²) >= 11 is 0. The van der Waals surface area contributed by atoms with E-state index in [2.05, 4.69) is 20.2 Å². The van der Waals surface area contributed by atoms with Gasteiger partial charge in [-0.3, -0.25) is 0 Å². The van der Waals surface area contributed by atoms with Crippen molar-refractivity contribution in [1.82, 2.24) is 14.9 Å². The van der Waals surface area contributed by atoms with Crippen LogP contribution >= 0.6 is 0 Å². The second-order valence-electron chi connectivity index (χ2n) is 5.94. The van der Waals surface area contributed by atoms with Gasteiger partial charge in [0.05, 0.1) is 0 Å². The molecule has 2 atom stereocenters. The molecule has 1 aromatic heterocycles. The third-order valence-electron chi connectivity index (χ3n) is 4.35. The quantitative estimate of drug-likeness (QED) is 0.911. The van der Waals surface area contributed by atoms with E-state index in [0.29, 0.717) is 12.6 Å². The number of nitrogens with one attached hydrogen (secondary N) is 1. The van der Waals surface area contributed by atoms with Gasteiger partial charge in [0.1, 0.15) is 12.4 Å². The van der Waals surface area contributed by atoms with Gasteiger partial charge >= 0.3 is 0 Å². The highest BCUT2D eigenvalue weighted by Gasteiger charge is 2.31. The molecule has 20 heavy (non-hydrogen) atoms. The summed E-state index contributed by atoms with van der Waals surface area (Å²) in [6.45, 7) is 4.99. The number of hydrogen-bond acceptors (Lipinski definition) is 5. The van der Waals surface area contributed by atoms with Crippen molar-refractivity contribution in [3.8, 4) is 0 Å². The molecule has 0 radical (unpaired) electrons. The van der Waals surface area contributed by atoms with Crippen LogP contribution in [-0.2, 0) is 11.3 Å². The Hall–Kier alpha value is -1.20. The van der Waals surface area contributed by atoms with Gasteiger partial charge in [0, 0.05) is 37.5 Å². The molecule has 0 spiro atoms. The average Bonchev–Trinajstić information content (AvgIpc) is 2.85. The molecule has 2 aliphatic heterocycles. The van der Waals surface area contributed by atoms with Crippen molar-refractivity contribution in [2.45, 2.75) is 51.3 Å². The number of fused-ring (bicyclic) bond motifs is 1.